The van der Waals surface area contributed by atoms with Crippen LogP contribution in [0.5, 0.6) is 0 Å². The van der Waals surface area contributed by atoms with E-state index in [-0.39, 0.29) is 17.4 Å². The van der Waals surface area contributed by atoms with Gasteiger partial charge in [0.2, 0.25) is 5.96 Å². The maximum atomic E-state index is 9.70. The van der Waals surface area contributed by atoms with E-state index >= 15 is 0 Å². The number of benzene rings is 4. The van der Waals surface area contributed by atoms with Crippen molar-refractivity contribution in [3.05, 3.63) is 131 Å². The normalized spacial score (nSPS) is 28.0. The molecule has 0 amide bonds. The number of nitrogens with one attached hydrogen (secondary N) is 1. The van der Waals surface area contributed by atoms with Gasteiger partial charge in [-0.25, -0.2) is 4.99 Å². The van der Waals surface area contributed by atoms with Crippen LogP contribution in [0.2, 0.25) is 0 Å². The number of hydrogen-bond donors (Lipinski definition) is 1. The van der Waals surface area contributed by atoms with E-state index in [1.54, 1.807) is 0 Å². The molecule has 0 spiro atoms. The summed E-state index contributed by atoms with van der Waals surface area (Å²) in [4.78, 5) is 12.4. The van der Waals surface area contributed by atoms with E-state index in [9.17, 15) is 5.41 Å². The van der Waals surface area contributed by atoms with Gasteiger partial charge in [-0.2, -0.15) is 4.99 Å². The van der Waals surface area contributed by atoms with Crippen LogP contribution in [-0.4, -0.2) is 28.1 Å². The number of hydrogen-bond acceptors (Lipinski definition) is 1. The highest BCUT2D eigenvalue weighted by Crippen LogP contribution is 2.57. The third-order valence-corrected chi connectivity index (χ3v) is 13.6. The Hall–Kier alpha value is -5.03. The van der Waals surface area contributed by atoms with Gasteiger partial charge < -0.3 is 9.47 Å². The lowest BCUT2D eigenvalue weighted by molar-refractivity contribution is 0.362. The van der Waals surface area contributed by atoms with Gasteiger partial charge in [0, 0.05) is 51.6 Å². The van der Waals surface area contributed by atoms with E-state index in [0.29, 0.717) is 17.9 Å². The minimum absolute atomic E-state index is 0.140. The van der Waals surface area contributed by atoms with Crippen LogP contribution in [-0.2, 0) is 0 Å². The lowest BCUT2D eigenvalue weighted by Crippen LogP contribution is -2.51. The van der Waals surface area contributed by atoms with E-state index < -0.39 is 0 Å². The molecule has 2 saturated carbocycles. The number of rotatable bonds is 4. The summed E-state index contributed by atoms with van der Waals surface area (Å²) in [5.41, 5.74) is 9.92. The Balaban J connectivity index is 1.04. The van der Waals surface area contributed by atoms with Crippen molar-refractivity contribution in [3.8, 4) is 0 Å². The van der Waals surface area contributed by atoms with Gasteiger partial charge in [0.15, 0.2) is 0 Å². The topological polar surface area (TPSA) is 56.7 Å². The Morgan fingerprint density at radius 3 is 2.48 bits per heavy atom. The SMILES string of the molecule is Cc1ccc2c(c1)c1cc(C3=CC4c5ccccc5N(C(=N)N=C(N=Cc5ccccc5)C5CCCCC5)[C@@]4(C)CC3C)ccc1n2C1CC=CC2CC21. The number of allylic oxidation sites excluding steroid dienone is 3. The molecule has 1 aliphatic heterocycles. The number of aliphatic imine (C=N–C) groups is 2. The highest BCUT2D eigenvalue weighted by molar-refractivity contribution is 6.10. The molecule has 5 unspecified atom stereocenters. The summed E-state index contributed by atoms with van der Waals surface area (Å²) in [5.74, 6) is 3.35. The molecule has 10 rings (SSSR count). The number of para-hydroxylation sites is 1. The fraction of sp³-hybridized carbons (Fsp3) is 0.367. The fourth-order valence-electron chi connectivity index (χ4n) is 10.9. The smallest absolute Gasteiger partial charge is 0.224 e. The summed E-state index contributed by atoms with van der Waals surface area (Å²) in [7, 11) is 0. The van der Waals surface area contributed by atoms with Gasteiger partial charge in [-0.05, 0) is 116 Å². The molecule has 5 heteroatoms. The zero-order valence-corrected chi connectivity index (χ0v) is 31.9. The van der Waals surface area contributed by atoms with E-state index in [2.05, 4.69) is 121 Å². The Kier molecular flexibility index (Phi) is 8.12. The predicted octanol–water partition coefficient (Wildman–Crippen LogP) is 12.1. The van der Waals surface area contributed by atoms with Gasteiger partial charge in [0.25, 0.3) is 0 Å². The number of guanidine groups is 1. The minimum atomic E-state index is -0.319. The van der Waals surface area contributed by atoms with Crippen LogP contribution in [0.1, 0.15) is 99.4 Å². The van der Waals surface area contributed by atoms with Gasteiger partial charge in [0.05, 0.1) is 5.54 Å². The largest absolute Gasteiger partial charge is 0.337 e. The summed E-state index contributed by atoms with van der Waals surface area (Å²) in [6, 6.07) is 33.9. The van der Waals surface area contributed by atoms with Gasteiger partial charge in [-0.15, -0.1) is 0 Å². The van der Waals surface area contributed by atoms with Crippen LogP contribution in [0.4, 0.5) is 5.69 Å². The van der Waals surface area contributed by atoms with Crippen molar-refractivity contribution in [1.82, 2.24) is 4.57 Å². The second-order valence-corrected chi connectivity index (χ2v) is 17.2. The van der Waals surface area contributed by atoms with Crippen molar-refractivity contribution < 1.29 is 0 Å². The summed E-state index contributed by atoms with van der Waals surface area (Å²) in [6.07, 6.45) is 18.5. The molecule has 0 bridgehead atoms. The molecule has 0 saturated heterocycles. The molecule has 1 aromatic heterocycles. The Labute approximate surface area is 319 Å². The van der Waals surface area contributed by atoms with E-state index in [1.807, 2.05) is 24.4 Å². The van der Waals surface area contributed by atoms with Gasteiger partial charge in [-0.3, -0.25) is 5.41 Å². The highest BCUT2D eigenvalue weighted by atomic mass is 15.3. The first-order chi connectivity index (χ1) is 26.4. The van der Waals surface area contributed by atoms with Gasteiger partial charge in [0.1, 0.15) is 5.84 Å². The average molecular weight is 710 g/mol. The molecule has 4 aromatic carbocycles. The number of nitrogens with zero attached hydrogens (tertiary/aromatic N) is 4. The molecule has 4 aliphatic carbocycles. The Bertz CT molecular complexity index is 2400. The molecular weight excluding hydrogens is 659 g/mol. The van der Waals surface area contributed by atoms with Crippen molar-refractivity contribution in [2.24, 2.45) is 33.7 Å². The van der Waals surface area contributed by atoms with Crippen LogP contribution in [0.25, 0.3) is 27.4 Å². The lowest BCUT2D eigenvalue weighted by Gasteiger charge is -2.44. The maximum Gasteiger partial charge on any atom is 0.224 e. The van der Waals surface area contributed by atoms with Crippen LogP contribution >= 0.6 is 0 Å². The van der Waals surface area contributed by atoms with Crippen molar-refractivity contribution in [1.29, 1.82) is 5.41 Å². The zero-order chi connectivity index (χ0) is 36.6. The first-order valence-electron chi connectivity index (χ1n) is 20.5. The number of aromatic nitrogens is 1. The summed E-state index contributed by atoms with van der Waals surface area (Å²) >= 11 is 0. The maximum absolute atomic E-state index is 9.70. The molecule has 54 heavy (non-hydrogen) atoms. The molecule has 2 heterocycles. The van der Waals surface area contributed by atoms with Crippen molar-refractivity contribution in [2.75, 3.05) is 4.90 Å². The van der Waals surface area contributed by atoms with Gasteiger partial charge >= 0.3 is 0 Å². The monoisotopic (exact) mass is 709 g/mol. The molecule has 6 atom stereocenters. The summed E-state index contributed by atoms with van der Waals surface area (Å²) < 4.78 is 2.68. The molecule has 272 valence electrons. The number of aryl methyl sites for hydroxylation is 1. The Morgan fingerprint density at radius 1 is 0.889 bits per heavy atom. The van der Waals surface area contributed by atoms with E-state index in [4.69, 9.17) is 9.98 Å². The predicted molar refractivity (Wildman–Crippen MR) is 226 cm³/mol. The lowest BCUT2D eigenvalue weighted by atomic mass is 9.69. The molecule has 5 nitrogen and oxygen atoms in total. The molecular formula is C49H51N5. The quantitative estimate of drug-likeness (QED) is 0.113. The second-order valence-electron chi connectivity index (χ2n) is 17.2. The molecule has 0 radical (unpaired) electrons. The zero-order valence-electron chi connectivity index (χ0n) is 31.9. The number of fused-ring (bicyclic) bond motifs is 7. The highest BCUT2D eigenvalue weighted by Gasteiger charge is 2.52. The van der Waals surface area contributed by atoms with Crippen LogP contribution in [0.3, 0.4) is 0 Å². The van der Waals surface area contributed by atoms with Crippen molar-refractivity contribution in [3.63, 3.8) is 0 Å². The first-order valence-corrected chi connectivity index (χ1v) is 20.5. The van der Waals surface area contributed by atoms with Crippen molar-refractivity contribution in [2.45, 2.75) is 89.6 Å². The van der Waals surface area contributed by atoms with Crippen LogP contribution < -0.4 is 4.90 Å². The van der Waals surface area contributed by atoms with Crippen LogP contribution in [0.15, 0.2) is 119 Å². The van der Waals surface area contributed by atoms with Crippen LogP contribution in [0, 0.1) is 36.0 Å². The van der Waals surface area contributed by atoms with Crippen molar-refractivity contribution >= 4 is 51.1 Å². The molecule has 2 fully saturated rings. The molecule has 1 N–H and O–H groups in total. The van der Waals surface area contributed by atoms with E-state index in [0.717, 1.165) is 54.6 Å². The molecule has 5 aromatic rings. The number of amidine groups is 1. The first kappa shape index (κ1) is 33.5. The fourth-order valence-corrected chi connectivity index (χ4v) is 10.9. The molecule has 5 aliphatic rings. The third kappa shape index (κ3) is 5.53. The third-order valence-electron chi connectivity index (χ3n) is 13.6. The summed E-state index contributed by atoms with van der Waals surface area (Å²) in [6.45, 7) is 6.97. The Morgan fingerprint density at radius 2 is 1.65 bits per heavy atom. The second kappa shape index (κ2) is 13.1. The van der Waals surface area contributed by atoms with Gasteiger partial charge in [-0.1, -0.05) is 111 Å². The average Bonchev–Trinajstić information content (AvgIpc) is 3.87. The number of anilines is 1. The standard InChI is InChI=1S/C49H51N5/c1-31-21-23-44-40(25-31)41-27-36(22-24-45(41)53(44)43-20-12-17-35-26-39(35)43)38-28-42-37-18-10-11-19-46(37)54(49(42,3)29-32(38)2)48(50)52-47(34-15-8-5-9-16-34)51-30-33-13-6-4-7-14-33/h4,6-7,10-14,17-19,21-25,27-28,30,32,34-35,39,42-43,50H,5,8-9,15-16,20,26,29H2,1-3H3/t32?,35?,39?,42?,43?,49-/m0/s1. The van der Waals surface area contributed by atoms with E-state index in [1.165, 1.54) is 69.8 Å². The minimum Gasteiger partial charge on any atom is -0.337 e. The summed E-state index contributed by atoms with van der Waals surface area (Å²) in [5, 5.41) is 12.4.